The number of aryl methyl sites for hydroxylation is 1. The lowest BCUT2D eigenvalue weighted by Crippen LogP contribution is -2.53. The molecule has 0 heterocycles. The number of amides is 2. The minimum Gasteiger partial charge on any atom is -0.352 e. The fourth-order valence-corrected chi connectivity index (χ4v) is 5.88. The van der Waals surface area contributed by atoms with Crippen LogP contribution < -0.4 is 9.62 Å². The first-order chi connectivity index (χ1) is 18.4. The first kappa shape index (κ1) is 30.3. The molecule has 0 saturated heterocycles. The summed E-state index contributed by atoms with van der Waals surface area (Å²) in [5, 5.41) is 2.85. The van der Waals surface area contributed by atoms with Crippen molar-refractivity contribution in [2.75, 3.05) is 10.8 Å². The number of hydrogen-bond acceptors (Lipinski definition) is 4. The molecule has 1 unspecified atom stereocenters. The van der Waals surface area contributed by atoms with Gasteiger partial charge in [-0.05, 0) is 75.2 Å². The molecule has 1 atom stereocenters. The van der Waals surface area contributed by atoms with Crippen LogP contribution in [0.4, 0.5) is 10.1 Å². The maximum absolute atomic E-state index is 14.0. The SMILES string of the molecule is CCC(C(=O)NC(C)C)N(Cc1ccc(F)cc1)C(=O)CN(c1cccc(Br)c1)S(=O)(=O)c1ccc(C)cc1. The van der Waals surface area contributed by atoms with Gasteiger partial charge >= 0.3 is 0 Å². The molecule has 10 heteroatoms. The average molecular weight is 619 g/mol. The number of hydrogen-bond donors (Lipinski definition) is 1. The molecule has 0 radical (unpaired) electrons. The molecule has 0 aliphatic carbocycles. The van der Waals surface area contributed by atoms with Crippen LogP contribution in [-0.4, -0.2) is 43.8 Å². The van der Waals surface area contributed by atoms with Crippen LogP contribution in [0.5, 0.6) is 0 Å². The topological polar surface area (TPSA) is 86.8 Å². The van der Waals surface area contributed by atoms with Gasteiger partial charge in [0.05, 0.1) is 10.6 Å². The summed E-state index contributed by atoms with van der Waals surface area (Å²) in [4.78, 5) is 28.5. The quantitative estimate of drug-likeness (QED) is 0.311. The predicted molar refractivity (Wildman–Crippen MR) is 154 cm³/mol. The predicted octanol–water partition coefficient (Wildman–Crippen LogP) is 5.42. The second-order valence-electron chi connectivity index (χ2n) is 9.54. The summed E-state index contributed by atoms with van der Waals surface area (Å²) in [5.41, 5.74) is 1.79. The fourth-order valence-electron chi connectivity index (χ4n) is 4.08. The third-order valence-corrected chi connectivity index (χ3v) is 8.35. The van der Waals surface area contributed by atoms with Gasteiger partial charge in [0.1, 0.15) is 18.4 Å². The van der Waals surface area contributed by atoms with Crippen molar-refractivity contribution in [3.05, 3.63) is 94.2 Å². The molecule has 0 bridgehead atoms. The minimum absolute atomic E-state index is 0.0000384. The van der Waals surface area contributed by atoms with Crippen LogP contribution in [0.3, 0.4) is 0 Å². The van der Waals surface area contributed by atoms with Crippen molar-refractivity contribution in [2.24, 2.45) is 0 Å². The van der Waals surface area contributed by atoms with Crippen LogP contribution in [0.1, 0.15) is 38.3 Å². The van der Waals surface area contributed by atoms with Gasteiger partial charge in [-0.15, -0.1) is 0 Å². The highest BCUT2D eigenvalue weighted by atomic mass is 79.9. The van der Waals surface area contributed by atoms with Crippen molar-refractivity contribution < 1.29 is 22.4 Å². The Morgan fingerprint density at radius 1 is 1.00 bits per heavy atom. The molecule has 0 fully saturated rings. The van der Waals surface area contributed by atoms with Crippen LogP contribution in [0.2, 0.25) is 0 Å². The van der Waals surface area contributed by atoms with E-state index in [-0.39, 0.29) is 23.4 Å². The Hall–Kier alpha value is -3.24. The maximum Gasteiger partial charge on any atom is 0.264 e. The number of benzene rings is 3. The van der Waals surface area contributed by atoms with Gasteiger partial charge in [-0.2, -0.15) is 0 Å². The lowest BCUT2D eigenvalue weighted by Gasteiger charge is -2.33. The molecule has 2 amide bonds. The van der Waals surface area contributed by atoms with E-state index < -0.39 is 34.3 Å². The van der Waals surface area contributed by atoms with Gasteiger partial charge < -0.3 is 10.2 Å². The summed E-state index contributed by atoms with van der Waals surface area (Å²) in [6.45, 7) is 6.73. The van der Waals surface area contributed by atoms with Gasteiger partial charge in [-0.1, -0.05) is 58.7 Å². The van der Waals surface area contributed by atoms with Crippen LogP contribution in [0, 0.1) is 12.7 Å². The van der Waals surface area contributed by atoms with Gasteiger partial charge in [-0.3, -0.25) is 13.9 Å². The standard InChI is InChI=1S/C29H33BrFN3O4S/c1-5-27(29(36)32-20(2)3)33(18-22-11-13-24(31)14-12-22)28(35)19-34(25-8-6-7-23(30)17-25)39(37,38)26-15-9-21(4)10-16-26/h6-17,20,27H,5,18-19H2,1-4H3,(H,32,36). The highest BCUT2D eigenvalue weighted by Gasteiger charge is 2.34. The van der Waals surface area contributed by atoms with Crippen LogP contribution >= 0.6 is 15.9 Å². The van der Waals surface area contributed by atoms with E-state index in [1.807, 2.05) is 20.8 Å². The number of nitrogens with one attached hydrogen (secondary N) is 1. The number of anilines is 1. The largest absolute Gasteiger partial charge is 0.352 e. The first-order valence-corrected chi connectivity index (χ1v) is 14.8. The van der Waals surface area contributed by atoms with E-state index in [2.05, 4.69) is 21.2 Å². The number of carbonyl (C=O) groups excluding carboxylic acids is 2. The summed E-state index contributed by atoms with van der Waals surface area (Å²) < 4.78 is 43.0. The van der Waals surface area contributed by atoms with E-state index in [0.717, 1.165) is 9.87 Å². The van der Waals surface area contributed by atoms with E-state index in [0.29, 0.717) is 22.1 Å². The van der Waals surface area contributed by atoms with Gasteiger partial charge in [-0.25, -0.2) is 12.8 Å². The Balaban J connectivity index is 2.06. The maximum atomic E-state index is 14.0. The molecule has 0 aliphatic rings. The Morgan fingerprint density at radius 2 is 1.64 bits per heavy atom. The zero-order valence-electron chi connectivity index (χ0n) is 22.4. The number of rotatable bonds is 11. The first-order valence-electron chi connectivity index (χ1n) is 12.6. The summed E-state index contributed by atoms with van der Waals surface area (Å²) in [6, 6.07) is 17.7. The second-order valence-corrected chi connectivity index (χ2v) is 12.3. The van der Waals surface area contributed by atoms with Crippen LogP contribution in [0.15, 0.2) is 82.2 Å². The number of sulfonamides is 1. The molecule has 0 aromatic heterocycles. The third-order valence-electron chi connectivity index (χ3n) is 6.07. The molecule has 0 saturated carbocycles. The van der Waals surface area contributed by atoms with E-state index in [1.165, 1.54) is 41.3 Å². The second kappa shape index (κ2) is 13.2. The van der Waals surface area contributed by atoms with Crippen molar-refractivity contribution in [1.82, 2.24) is 10.2 Å². The minimum atomic E-state index is -4.15. The Kier molecular flexibility index (Phi) is 10.3. The highest BCUT2D eigenvalue weighted by Crippen LogP contribution is 2.27. The molecular weight excluding hydrogens is 585 g/mol. The molecular formula is C29H33BrFN3O4S. The Morgan fingerprint density at radius 3 is 2.21 bits per heavy atom. The zero-order valence-corrected chi connectivity index (χ0v) is 24.8. The molecule has 3 aromatic carbocycles. The Bertz CT molecular complexity index is 1400. The van der Waals surface area contributed by atoms with Crippen LogP contribution in [-0.2, 0) is 26.2 Å². The van der Waals surface area contributed by atoms with Gasteiger partial charge in [0.25, 0.3) is 10.0 Å². The lowest BCUT2D eigenvalue weighted by molar-refractivity contribution is -0.140. The van der Waals surface area contributed by atoms with Crippen molar-refractivity contribution in [3.63, 3.8) is 0 Å². The van der Waals surface area contributed by atoms with E-state index in [4.69, 9.17) is 0 Å². The highest BCUT2D eigenvalue weighted by molar-refractivity contribution is 9.10. The average Bonchev–Trinajstić information content (AvgIpc) is 2.88. The number of halogens is 2. The molecule has 0 spiro atoms. The van der Waals surface area contributed by atoms with E-state index >= 15 is 0 Å². The smallest absolute Gasteiger partial charge is 0.264 e. The number of carbonyl (C=O) groups is 2. The van der Waals surface area contributed by atoms with Crippen molar-refractivity contribution >= 4 is 43.5 Å². The van der Waals surface area contributed by atoms with E-state index in [1.54, 1.807) is 43.3 Å². The molecule has 39 heavy (non-hydrogen) atoms. The zero-order chi connectivity index (χ0) is 28.7. The molecule has 7 nitrogen and oxygen atoms in total. The normalized spacial score (nSPS) is 12.2. The van der Waals surface area contributed by atoms with Crippen LogP contribution in [0.25, 0.3) is 0 Å². The molecule has 3 rings (SSSR count). The number of nitrogens with zero attached hydrogens (tertiary/aromatic N) is 2. The van der Waals surface area contributed by atoms with Crippen molar-refractivity contribution in [3.8, 4) is 0 Å². The lowest BCUT2D eigenvalue weighted by atomic mass is 10.1. The van der Waals surface area contributed by atoms with Crippen molar-refractivity contribution in [2.45, 2.75) is 57.6 Å². The molecule has 0 aliphatic heterocycles. The van der Waals surface area contributed by atoms with Crippen molar-refractivity contribution in [1.29, 1.82) is 0 Å². The van der Waals surface area contributed by atoms with Gasteiger partial charge in [0.2, 0.25) is 11.8 Å². The third kappa shape index (κ3) is 7.89. The van der Waals surface area contributed by atoms with E-state index in [9.17, 15) is 22.4 Å². The summed E-state index contributed by atoms with van der Waals surface area (Å²) in [7, 11) is -4.15. The summed E-state index contributed by atoms with van der Waals surface area (Å²) in [6.07, 6.45) is 0.299. The van der Waals surface area contributed by atoms with Gasteiger partial charge in [0.15, 0.2) is 0 Å². The fraction of sp³-hybridized carbons (Fsp3) is 0.310. The molecule has 208 valence electrons. The summed E-state index contributed by atoms with van der Waals surface area (Å²) in [5.74, 6) is -1.34. The monoisotopic (exact) mass is 617 g/mol. The molecule has 3 aromatic rings. The summed E-state index contributed by atoms with van der Waals surface area (Å²) >= 11 is 3.38. The van der Waals surface area contributed by atoms with Gasteiger partial charge in [0, 0.05) is 17.1 Å². The Labute approximate surface area is 238 Å². The molecule has 1 N–H and O–H groups in total.